The maximum atomic E-state index is 6.28. The van der Waals surface area contributed by atoms with Crippen LogP contribution in [-0.2, 0) is 4.12 Å². The van der Waals surface area contributed by atoms with E-state index in [1.54, 1.807) is 0 Å². The molecule has 3 heteroatoms. The normalized spacial score (nSPS) is 18.5. The second-order valence-corrected chi connectivity index (χ2v) is 14.0. The molecule has 0 saturated carbocycles. The summed E-state index contributed by atoms with van der Waals surface area (Å²) in [5.74, 6) is 0. The van der Waals surface area contributed by atoms with Crippen LogP contribution in [0.5, 0.6) is 0 Å². The molecule has 0 fully saturated rings. The Morgan fingerprint density at radius 1 is 0.923 bits per heavy atom. The third-order valence-electron chi connectivity index (χ3n) is 2.12. The highest BCUT2D eigenvalue weighted by molar-refractivity contribution is 6.85. The molecule has 1 nitrogen and oxygen atoms in total. The molecule has 1 aliphatic carbocycles. The van der Waals surface area contributed by atoms with Gasteiger partial charge in [0.25, 0.3) is 0 Å². The molecule has 0 aromatic carbocycles. The van der Waals surface area contributed by atoms with E-state index in [2.05, 4.69) is 57.0 Å². The van der Waals surface area contributed by atoms with Crippen molar-refractivity contribution in [1.82, 2.24) is 0 Å². The van der Waals surface area contributed by atoms with Crippen LogP contribution in [-0.4, -0.2) is 16.6 Å². The van der Waals surface area contributed by atoms with Crippen molar-refractivity contribution < 1.29 is 4.12 Å². The van der Waals surface area contributed by atoms with E-state index in [0.717, 1.165) is 0 Å². The highest BCUT2D eigenvalue weighted by atomic mass is 28.4. The average Bonchev–Trinajstić information content (AvgIpc) is 2.29. The Morgan fingerprint density at radius 3 is 1.77 bits per heavy atom. The van der Waals surface area contributed by atoms with Crippen molar-refractivity contribution in [2.45, 2.75) is 38.3 Å². The van der Waals surface area contributed by atoms with E-state index >= 15 is 0 Å². The molecular weight excluding hydrogens is 192 g/mol. The molecule has 74 valence electrons. The molecule has 1 rings (SSSR count). The molecule has 0 aromatic heterocycles. The number of rotatable bonds is 3. The van der Waals surface area contributed by atoms with E-state index < -0.39 is 16.6 Å². The highest BCUT2D eigenvalue weighted by Gasteiger charge is 2.35. The van der Waals surface area contributed by atoms with Crippen LogP contribution in [0.4, 0.5) is 0 Å². The molecule has 0 spiro atoms. The lowest BCUT2D eigenvalue weighted by Gasteiger charge is -2.34. The summed E-state index contributed by atoms with van der Waals surface area (Å²) in [5, 5.41) is 0. The zero-order valence-corrected chi connectivity index (χ0v) is 11.3. The molecule has 0 saturated heterocycles. The van der Waals surface area contributed by atoms with Gasteiger partial charge in [-0.3, -0.25) is 0 Å². The molecule has 1 aliphatic rings. The van der Waals surface area contributed by atoms with Crippen LogP contribution in [0.15, 0.2) is 24.3 Å². The standard InChI is InChI=1S/C10H20OSi2/c1-12(2,3)11-13(4,5)10-8-6-7-9-10/h6-10H,1-5H3. The maximum absolute atomic E-state index is 6.28. The molecule has 0 radical (unpaired) electrons. The van der Waals surface area contributed by atoms with Crippen LogP contribution in [0.1, 0.15) is 0 Å². The summed E-state index contributed by atoms with van der Waals surface area (Å²) in [6.07, 6.45) is 8.80. The van der Waals surface area contributed by atoms with Crippen LogP contribution >= 0.6 is 0 Å². The van der Waals surface area contributed by atoms with Crippen molar-refractivity contribution in [3.8, 4) is 0 Å². The highest BCUT2D eigenvalue weighted by Crippen LogP contribution is 2.31. The number of hydrogen-bond acceptors (Lipinski definition) is 1. The van der Waals surface area contributed by atoms with Gasteiger partial charge in [0.2, 0.25) is 0 Å². The average molecular weight is 212 g/mol. The fourth-order valence-electron chi connectivity index (χ4n) is 1.75. The molecule has 0 aliphatic heterocycles. The quantitative estimate of drug-likeness (QED) is 0.650. The van der Waals surface area contributed by atoms with Gasteiger partial charge in [0.15, 0.2) is 16.6 Å². The van der Waals surface area contributed by atoms with E-state index in [0.29, 0.717) is 5.54 Å². The second-order valence-electron chi connectivity index (χ2n) is 5.11. The minimum Gasteiger partial charge on any atom is -0.455 e. The van der Waals surface area contributed by atoms with Gasteiger partial charge in [-0.1, -0.05) is 24.3 Å². The molecule has 13 heavy (non-hydrogen) atoms. The molecule has 0 aromatic rings. The summed E-state index contributed by atoms with van der Waals surface area (Å²) < 4.78 is 6.28. The Kier molecular flexibility index (Phi) is 2.99. The lowest BCUT2D eigenvalue weighted by atomic mass is 10.5. The summed E-state index contributed by atoms with van der Waals surface area (Å²) in [6, 6.07) is 0. The maximum Gasteiger partial charge on any atom is 0.184 e. The zero-order valence-electron chi connectivity index (χ0n) is 9.29. The summed E-state index contributed by atoms with van der Waals surface area (Å²) in [5.41, 5.74) is 0.583. The first kappa shape index (κ1) is 11.0. The van der Waals surface area contributed by atoms with Crippen LogP contribution in [0.3, 0.4) is 0 Å². The molecule has 0 unspecified atom stereocenters. The Hall–Kier alpha value is -0.126. The SMILES string of the molecule is C[Si](C)(C)O[Si](C)(C)C1C=CC=C1. The Bertz CT molecular complexity index is 224. The van der Waals surface area contributed by atoms with E-state index in [-0.39, 0.29) is 0 Å². The fourth-order valence-corrected chi connectivity index (χ4v) is 9.76. The van der Waals surface area contributed by atoms with Gasteiger partial charge in [-0.2, -0.15) is 0 Å². The van der Waals surface area contributed by atoms with E-state index in [1.165, 1.54) is 0 Å². The largest absolute Gasteiger partial charge is 0.455 e. The third kappa shape index (κ3) is 3.25. The van der Waals surface area contributed by atoms with Gasteiger partial charge in [-0.05, 0) is 32.7 Å². The van der Waals surface area contributed by atoms with Gasteiger partial charge in [0.05, 0.1) is 0 Å². The van der Waals surface area contributed by atoms with Crippen molar-refractivity contribution in [2.75, 3.05) is 0 Å². The van der Waals surface area contributed by atoms with Crippen molar-refractivity contribution in [1.29, 1.82) is 0 Å². The van der Waals surface area contributed by atoms with Crippen LogP contribution in [0, 0.1) is 0 Å². The number of allylic oxidation sites excluding steroid dienone is 4. The monoisotopic (exact) mass is 212 g/mol. The first-order valence-corrected chi connectivity index (χ1v) is 11.3. The molecule has 0 bridgehead atoms. The molecule has 0 amide bonds. The van der Waals surface area contributed by atoms with Crippen LogP contribution < -0.4 is 0 Å². The molecule has 0 N–H and O–H groups in total. The Labute approximate surface area is 83.8 Å². The fraction of sp³-hybridized carbons (Fsp3) is 0.600. The zero-order chi connectivity index (χ0) is 10.1. The first-order valence-electron chi connectivity index (χ1n) is 4.86. The smallest absolute Gasteiger partial charge is 0.184 e. The van der Waals surface area contributed by atoms with Crippen molar-refractivity contribution in [3.63, 3.8) is 0 Å². The van der Waals surface area contributed by atoms with Gasteiger partial charge >= 0.3 is 0 Å². The molecular formula is C10H20OSi2. The third-order valence-corrected chi connectivity index (χ3v) is 8.66. The Morgan fingerprint density at radius 2 is 1.38 bits per heavy atom. The van der Waals surface area contributed by atoms with Crippen LogP contribution in [0.2, 0.25) is 38.3 Å². The van der Waals surface area contributed by atoms with Gasteiger partial charge in [-0.25, -0.2) is 0 Å². The van der Waals surface area contributed by atoms with Gasteiger partial charge in [-0.15, -0.1) is 0 Å². The van der Waals surface area contributed by atoms with Crippen molar-refractivity contribution in [2.24, 2.45) is 0 Å². The minimum atomic E-state index is -1.52. The lowest BCUT2D eigenvalue weighted by Crippen LogP contribution is -2.44. The predicted molar refractivity (Wildman–Crippen MR) is 63.9 cm³/mol. The van der Waals surface area contributed by atoms with Crippen molar-refractivity contribution in [3.05, 3.63) is 24.3 Å². The second kappa shape index (κ2) is 3.55. The molecule has 0 atom stereocenters. The Balaban J connectivity index is 2.65. The summed E-state index contributed by atoms with van der Waals surface area (Å²) >= 11 is 0. The summed E-state index contributed by atoms with van der Waals surface area (Å²) in [7, 11) is -2.88. The predicted octanol–water partition coefficient (Wildman–Crippen LogP) is 3.54. The van der Waals surface area contributed by atoms with Crippen LogP contribution in [0.25, 0.3) is 0 Å². The van der Waals surface area contributed by atoms with E-state index in [1.807, 2.05) is 0 Å². The summed E-state index contributed by atoms with van der Waals surface area (Å²) in [6.45, 7) is 11.4. The van der Waals surface area contributed by atoms with E-state index in [4.69, 9.17) is 4.12 Å². The first-order chi connectivity index (χ1) is 5.81. The topological polar surface area (TPSA) is 9.23 Å². The van der Waals surface area contributed by atoms with Gasteiger partial charge in [0, 0.05) is 5.54 Å². The lowest BCUT2D eigenvalue weighted by molar-refractivity contribution is 0.545. The number of hydrogen-bond donors (Lipinski definition) is 0. The van der Waals surface area contributed by atoms with E-state index in [9.17, 15) is 0 Å². The van der Waals surface area contributed by atoms with Gasteiger partial charge < -0.3 is 4.12 Å². The van der Waals surface area contributed by atoms with Crippen molar-refractivity contribution >= 4 is 16.6 Å². The summed E-state index contributed by atoms with van der Waals surface area (Å²) in [4.78, 5) is 0. The van der Waals surface area contributed by atoms with Gasteiger partial charge in [0.1, 0.15) is 0 Å². The molecule has 0 heterocycles. The minimum absolute atomic E-state index is 0.583.